The first kappa shape index (κ1) is 23.5. The van der Waals surface area contributed by atoms with Crippen molar-refractivity contribution in [3.63, 3.8) is 0 Å². The molecule has 0 aliphatic heterocycles. The van der Waals surface area contributed by atoms with Gasteiger partial charge in [-0.05, 0) is 64.1 Å². The van der Waals surface area contributed by atoms with Gasteiger partial charge >= 0.3 is 0 Å². The van der Waals surface area contributed by atoms with E-state index in [2.05, 4.69) is 5.32 Å². The normalized spacial score (nSPS) is 13.2. The highest BCUT2D eigenvalue weighted by Gasteiger charge is 2.29. The molecule has 1 N–H and O–H groups in total. The van der Waals surface area contributed by atoms with Crippen LogP contribution in [0.2, 0.25) is 0 Å². The van der Waals surface area contributed by atoms with Crippen molar-refractivity contribution in [2.24, 2.45) is 0 Å². The third kappa shape index (κ3) is 6.66. The largest absolute Gasteiger partial charge is 0.494 e. The number of aryl methyl sites for hydroxylation is 1. The van der Waals surface area contributed by atoms with Gasteiger partial charge in [-0.25, -0.2) is 8.42 Å². The number of amides is 1. The molecule has 0 saturated carbocycles. The molecule has 0 unspecified atom stereocenters. The fourth-order valence-corrected chi connectivity index (χ4v) is 4.10. The maximum absolute atomic E-state index is 12.7. The van der Waals surface area contributed by atoms with Crippen molar-refractivity contribution in [1.82, 2.24) is 5.32 Å². The van der Waals surface area contributed by atoms with Crippen molar-refractivity contribution in [1.29, 1.82) is 0 Å². The number of sulfonamides is 1. The number of ether oxygens (including phenoxy) is 2. The summed E-state index contributed by atoms with van der Waals surface area (Å²) in [6.07, 6.45) is 1.08. The highest BCUT2D eigenvalue weighted by atomic mass is 32.2. The molecule has 2 aromatic rings. The average molecular weight is 435 g/mol. The van der Waals surface area contributed by atoms with Gasteiger partial charge in [0.1, 0.15) is 24.1 Å². The van der Waals surface area contributed by atoms with E-state index in [9.17, 15) is 13.2 Å². The molecule has 164 valence electrons. The van der Waals surface area contributed by atoms with Crippen molar-refractivity contribution >= 4 is 21.6 Å². The molecule has 0 radical (unpaired) electrons. The number of anilines is 1. The average Bonchev–Trinajstić information content (AvgIpc) is 2.68. The van der Waals surface area contributed by atoms with Gasteiger partial charge in [-0.1, -0.05) is 17.7 Å². The Bertz CT molecular complexity index is 927. The SMILES string of the molecule is CCOc1ccc(N([C@H](C)C(=O)N[C@H](C)COc2ccc(C)cc2)S(C)(=O)=O)cc1. The molecular formula is C22H30N2O5S. The predicted octanol–water partition coefficient (Wildman–Crippen LogP) is 3.13. The standard InChI is InChI=1S/C22H30N2O5S/c1-6-28-20-13-9-19(10-14-20)24(30(5,26)27)18(4)22(25)23-17(3)15-29-21-11-7-16(2)8-12-21/h7-14,17-18H,6,15H2,1-5H3,(H,23,25)/t17-,18-/m1/s1. The number of nitrogens with one attached hydrogen (secondary N) is 1. The molecule has 0 fully saturated rings. The summed E-state index contributed by atoms with van der Waals surface area (Å²) in [6, 6.07) is 13.0. The van der Waals surface area contributed by atoms with Gasteiger partial charge in [0, 0.05) is 0 Å². The minimum atomic E-state index is -3.68. The molecule has 30 heavy (non-hydrogen) atoms. The van der Waals surface area contributed by atoms with Crippen LogP contribution in [0.15, 0.2) is 48.5 Å². The molecule has 0 aliphatic rings. The van der Waals surface area contributed by atoms with E-state index >= 15 is 0 Å². The minimum absolute atomic E-state index is 0.267. The first-order valence-electron chi connectivity index (χ1n) is 9.84. The Kier molecular flexibility index (Phi) is 8.11. The lowest BCUT2D eigenvalue weighted by molar-refractivity contribution is -0.122. The lowest BCUT2D eigenvalue weighted by atomic mass is 10.2. The van der Waals surface area contributed by atoms with Gasteiger partial charge in [-0.3, -0.25) is 9.10 Å². The van der Waals surface area contributed by atoms with Crippen LogP contribution in [0.3, 0.4) is 0 Å². The fraction of sp³-hybridized carbons (Fsp3) is 0.409. The Hall–Kier alpha value is -2.74. The van der Waals surface area contributed by atoms with Gasteiger partial charge in [-0.2, -0.15) is 0 Å². The summed E-state index contributed by atoms with van der Waals surface area (Å²) >= 11 is 0. The van der Waals surface area contributed by atoms with E-state index in [1.54, 1.807) is 38.1 Å². The second-order valence-electron chi connectivity index (χ2n) is 7.20. The highest BCUT2D eigenvalue weighted by Crippen LogP contribution is 2.24. The van der Waals surface area contributed by atoms with Gasteiger partial charge in [-0.15, -0.1) is 0 Å². The second-order valence-corrected chi connectivity index (χ2v) is 9.05. The Balaban J connectivity index is 2.04. The highest BCUT2D eigenvalue weighted by molar-refractivity contribution is 7.92. The van der Waals surface area contributed by atoms with E-state index in [0.717, 1.165) is 16.1 Å². The minimum Gasteiger partial charge on any atom is -0.494 e. The number of carbonyl (C=O) groups excluding carboxylic acids is 1. The molecule has 0 aromatic heterocycles. The van der Waals surface area contributed by atoms with E-state index in [4.69, 9.17) is 9.47 Å². The smallest absolute Gasteiger partial charge is 0.243 e. The van der Waals surface area contributed by atoms with Crippen LogP contribution in [-0.4, -0.2) is 45.9 Å². The van der Waals surface area contributed by atoms with Crippen LogP contribution in [0.5, 0.6) is 11.5 Å². The van der Waals surface area contributed by atoms with E-state index in [1.165, 1.54) is 0 Å². The summed E-state index contributed by atoms with van der Waals surface area (Å²) in [5, 5.41) is 2.82. The maximum Gasteiger partial charge on any atom is 0.243 e. The summed E-state index contributed by atoms with van der Waals surface area (Å²) in [6.45, 7) is 8.00. The summed E-state index contributed by atoms with van der Waals surface area (Å²) in [7, 11) is -3.68. The molecule has 2 atom stereocenters. The molecule has 0 heterocycles. The predicted molar refractivity (Wildman–Crippen MR) is 119 cm³/mol. The van der Waals surface area contributed by atoms with Crippen molar-refractivity contribution < 1.29 is 22.7 Å². The molecule has 1 amide bonds. The second kappa shape index (κ2) is 10.3. The van der Waals surface area contributed by atoms with Gasteiger partial charge < -0.3 is 14.8 Å². The first-order chi connectivity index (χ1) is 14.1. The number of hydrogen-bond acceptors (Lipinski definition) is 5. The van der Waals surface area contributed by atoms with Crippen LogP contribution >= 0.6 is 0 Å². The summed E-state index contributed by atoms with van der Waals surface area (Å²) in [4.78, 5) is 12.7. The zero-order chi connectivity index (χ0) is 22.3. The molecule has 0 saturated heterocycles. The van der Waals surface area contributed by atoms with Gasteiger partial charge in [0.05, 0.1) is 24.6 Å². The van der Waals surface area contributed by atoms with Crippen LogP contribution in [0.4, 0.5) is 5.69 Å². The summed E-state index contributed by atoms with van der Waals surface area (Å²) in [5.74, 6) is 0.935. The Morgan fingerprint density at radius 3 is 2.07 bits per heavy atom. The van der Waals surface area contributed by atoms with Crippen molar-refractivity contribution in [2.45, 2.75) is 39.8 Å². The molecule has 7 nitrogen and oxygen atoms in total. The van der Waals surface area contributed by atoms with Gasteiger partial charge in [0.25, 0.3) is 0 Å². The van der Waals surface area contributed by atoms with Gasteiger partial charge in [0.15, 0.2) is 0 Å². The Morgan fingerprint density at radius 1 is 1.00 bits per heavy atom. The molecular weight excluding hydrogens is 404 g/mol. The van der Waals surface area contributed by atoms with Crippen molar-refractivity contribution in [3.8, 4) is 11.5 Å². The molecule has 0 aliphatic carbocycles. The molecule has 2 rings (SSSR count). The Labute approximate surface area is 179 Å². The fourth-order valence-electron chi connectivity index (χ4n) is 2.93. The topological polar surface area (TPSA) is 84.9 Å². The monoisotopic (exact) mass is 434 g/mol. The van der Waals surface area contributed by atoms with Crippen molar-refractivity contribution in [2.75, 3.05) is 23.8 Å². The van der Waals surface area contributed by atoms with E-state index < -0.39 is 22.0 Å². The third-order valence-corrected chi connectivity index (χ3v) is 5.64. The maximum atomic E-state index is 12.7. The summed E-state index contributed by atoms with van der Waals surface area (Å²) < 4.78 is 37.0. The van der Waals surface area contributed by atoms with E-state index in [1.807, 2.05) is 38.1 Å². The van der Waals surface area contributed by atoms with Crippen LogP contribution in [0, 0.1) is 6.92 Å². The van der Waals surface area contributed by atoms with E-state index in [0.29, 0.717) is 23.8 Å². The lowest BCUT2D eigenvalue weighted by Crippen LogP contribution is -2.50. The quantitative estimate of drug-likeness (QED) is 0.621. The number of rotatable bonds is 10. The third-order valence-electron chi connectivity index (χ3n) is 4.40. The van der Waals surface area contributed by atoms with Gasteiger partial charge in [0.2, 0.25) is 15.9 Å². The van der Waals surface area contributed by atoms with Crippen molar-refractivity contribution in [3.05, 3.63) is 54.1 Å². The van der Waals surface area contributed by atoms with E-state index in [-0.39, 0.29) is 12.6 Å². The number of hydrogen-bond donors (Lipinski definition) is 1. The molecule has 8 heteroatoms. The lowest BCUT2D eigenvalue weighted by Gasteiger charge is -2.29. The number of benzene rings is 2. The molecule has 0 spiro atoms. The van der Waals surface area contributed by atoms with Crippen LogP contribution < -0.4 is 19.1 Å². The first-order valence-corrected chi connectivity index (χ1v) is 11.7. The molecule has 2 aromatic carbocycles. The van der Waals surface area contributed by atoms with Crippen LogP contribution in [-0.2, 0) is 14.8 Å². The van der Waals surface area contributed by atoms with Crippen LogP contribution in [0.25, 0.3) is 0 Å². The number of nitrogens with zero attached hydrogens (tertiary/aromatic N) is 1. The number of carbonyl (C=O) groups is 1. The summed E-state index contributed by atoms with van der Waals surface area (Å²) in [5.41, 5.74) is 1.53. The Morgan fingerprint density at radius 2 is 1.53 bits per heavy atom. The van der Waals surface area contributed by atoms with Crippen LogP contribution in [0.1, 0.15) is 26.3 Å². The zero-order valence-electron chi connectivity index (χ0n) is 18.1. The zero-order valence-corrected chi connectivity index (χ0v) is 18.9. The molecule has 0 bridgehead atoms.